The number of phenolic OH excluding ortho intramolecular Hbond substituents is 1. The summed E-state index contributed by atoms with van der Waals surface area (Å²) in [4.78, 5) is 19.0. The van der Waals surface area contributed by atoms with Gasteiger partial charge in [-0.25, -0.2) is 19.3 Å². The van der Waals surface area contributed by atoms with Crippen molar-refractivity contribution < 1.29 is 19.0 Å². The molecule has 9 nitrogen and oxygen atoms in total. The molecule has 0 amide bonds. The first-order valence-corrected chi connectivity index (χ1v) is 10.8. The van der Waals surface area contributed by atoms with Crippen molar-refractivity contribution in [2.75, 3.05) is 32.3 Å². The summed E-state index contributed by atoms with van der Waals surface area (Å²) in [6, 6.07) is 6.44. The second-order valence-electron chi connectivity index (χ2n) is 8.30. The molecule has 4 atom stereocenters. The van der Waals surface area contributed by atoms with Crippen LogP contribution in [0.25, 0.3) is 22.5 Å². The summed E-state index contributed by atoms with van der Waals surface area (Å²) in [5.41, 5.74) is 2.41. The van der Waals surface area contributed by atoms with Crippen molar-refractivity contribution in [2.45, 2.75) is 30.7 Å². The Kier molecular flexibility index (Phi) is 5.77. The van der Waals surface area contributed by atoms with Gasteiger partial charge in [-0.1, -0.05) is 6.07 Å². The molecule has 1 aromatic carbocycles. The molecule has 2 unspecified atom stereocenters. The minimum absolute atomic E-state index is 0.0514. The number of ether oxygens (including phenoxy) is 2. The summed E-state index contributed by atoms with van der Waals surface area (Å²) in [6.07, 6.45) is 4.17. The molecular weight excluding hydrogens is 427 g/mol. The van der Waals surface area contributed by atoms with E-state index in [2.05, 4.69) is 25.3 Å². The maximum atomic E-state index is 15.0. The Hall–Kier alpha value is -3.37. The number of piperidine rings is 1. The minimum atomic E-state index is -1.06. The minimum Gasteiger partial charge on any atom is -0.507 e. The van der Waals surface area contributed by atoms with Gasteiger partial charge in [-0.2, -0.15) is 0 Å². The molecule has 2 bridgehead atoms. The molecule has 0 aliphatic carbocycles. The highest BCUT2D eigenvalue weighted by Crippen LogP contribution is 2.33. The summed E-state index contributed by atoms with van der Waals surface area (Å²) in [5, 5.41) is 13.9. The largest absolute Gasteiger partial charge is 0.507 e. The maximum Gasteiger partial charge on any atom is 0.216 e. The third-order valence-corrected chi connectivity index (χ3v) is 6.26. The van der Waals surface area contributed by atoms with Crippen LogP contribution in [0, 0.1) is 0 Å². The van der Waals surface area contributed by atoms with Crippen LogP contribution in [0.15, 0.2) is 43.0 Å². The number of methoxy groups -OCH3 is 1. The fraction of sp³-hybridized carbons (Fsp3) is 0.391. The summed E-state index contributed by atoms with van der Waals surface area (Å²) in [6.45, 7) is 0.971. The van der Waals surface area contributed by atoms with Crippen LogP contribution < -0.4 is 15.0 Å². The molecule has 2 aliphatic heterocycles. The van der Waals surface area contributed by atoms with E-state index in [9.17, 15) is 9.50 Å². The lowest BCUT2D eigenvalue weighted by Crippen LogP contribution is -2.65. The van der Waals surface area contributed by atoms with Crippen molar-refractivity contribution in [1.82, 2.24) is 25.3 Å². The van der Waals surface area contributed by atoms with E-state index in [-0.39, 0.29) is 23.9 Å². The van der Waals surface area contributed by atoms with Crippen molar-refractivity contribution in [2.24, 2.45) is 0 Å². The van der Waals surface area contributed by atoms with Crippen molar-refractivity contribution in [1.29, 1.82) is 0 Å². The number of fused-ring (bicyclic) bond motifs is 2. The number of phenols is 1. The summed E-state index contributed by atoms with van der Waals surface area (Å²) < 4.78 is 25.6. The van der Waals surface area contributed by atoms with E-state index in [1.807, 2.05) is 18.0 Å². The van der Waals surface area contributed by atoms with Gasteiger partial charge in [0.15, 0.2) is 0 Å². The molecule has 2 saturated heterocycles. The van der Waals surface area contributed by atoms with Crippen LogP contribution in [0.4, 0.5) is 10.2 Å². The molecule has 2 fully saturated rings. The number of morpholine rings is 1. The van der Waals surface area contributed by atoms with E-state index < -0.39 is 6.17 Å². The predicted octanol–water partition coefficient (Wildman–Crippen LogP) is 2.22. The van der Waals surface area contributed by atoms with Crippen LogP contribution in [0.1, 0.15) is 6.42 Å². The number of benzene rings is 1. The fourth-order valence-electron chi connectivity index (χ4n) is 4.45. The summed E-state index contributed by atoms with van der Waals surface area (Å²) in [5.74, 6) is 1.07. The number of aromatic nitrogens is 4. The van der Waals surface area contributed by atoms with Gasteiger partial charge in [-0.3, -0.25) is 4.98 Å². The van der Waals surface area contributed by atoms with Crippen LogP contribution in [-0.4, -0.2) is 76.7 Å². The normalized spacial score (nSPS) is 24.3. The Labute approximate surface area is 190 Å². The number of anilines is 1. The quantitative estimate of drug-likeness (QED) is 0.603. The molecular formula is C23H25FN6O3. The molecule has 33 heavy (non-hydrogen) atoms. The summed E-state index contributed by atoms with van der Waals surface area (Å²) in [7, 11) is 3.37. The zero-order valence-corrected chi connectivity index (χ0v) is 18.3. The number of nitrogens with zero attached hydrogens (tertiary/aromatic N) is 5. The smallest absolute Gasteiger partial charge is 0.216 e. The Morgan fingerprint density at radius 1 is 1.12 bits per heavy atom. The van der Waals surface area contributed by atoms with Crippen LogP contribution in [-0.2, 0) is 4.74 Å². The zero-order valence-electron chi connectivity index (χ0n) is 18.3. The van der Waals surface area contributed by atoms with Crippen LogP contribution >= 0.6 is 0 Å². The highest BCUT2D eigenvalue weighted by atomic mass is 19.1. The second-order valence-corrected chi connectivity index (χ2v) is 8.30. The average Bonchev–Trinajstić information content (AvgIpc) is 2.86. The van der Waals surface area contributed by atoms with E-state index in [1.54, 1.807) is 30.6 Å². The van der Waals surface area contributed by atoms with Gasteiger partial charge in [0.1, 0.15) is 24.1 Å². The van der Waals surface area contributed by atoms with Gasteiger partial charge >= 0.3 is 0 Å². The third-order valence-electron chi connectivity index (χ3n) is 6.26. The van der Waals surface area contributed by atoms with Crippen molar-refractivity contribution in [3.63, 3.8) is 0 Å². The van der Waals surface area contributed by atoms with Gasteiger partial charge in [0.2, 0.25) is 5.88 Å². The standard InChI is InChI=1S/C23H25FN6O3/c1-30(19-6-14-10-33-11-18(29-14)23(19)24)21-9-25-17(8-26-21)15-4-3-13(5-20(15)31)16-7-22(32-2)28-12-27-16/h3-5,7-9,12,14,18-19,23,29,31H,6,10-11H2,1-2H3/t14?,18?,19-,23+/m1/s1. The molecule has 0 saturated carbocycles. The average molecular weight is 452 g/mol. The topological polar surface area (TPSA) is 106 Å². The molecule has 2 aliphatic rings. The number of hydrogen-bond acceptors (Lipinski definition) is 9. The van der Waals surface area contributed by atoms with Crippen LogP contribution in [0.5, 0.6) is 11.6 Å². The van der Waals surface area contributed by atoms with E-state index in [0.29, 0.717) is 48.3 Å². The number of alkyl halides is 1. The zero-order chi connectivity index (χ0) is 22.9. The van der Waals surface area contributed by atoms with Gasteiger partial charge in [-0.15, -0.1) is 0 Å². The first kappa shape index (κ1) is 21.5. The number of halogens is 1. The molecule has 172 valence electrons. The van der Waals surface area contributed by atoms with E-state index >= 15 is 0 Å². The molecule has 0 spiro atoms. The molecule has 10 heteroatoms. The molecule has 2 aromatic heterocycles. The Balaban J connectivity index is 1.35. The molecule has 0 radical (unpaired) electrons. The second kappa shape index (κ2) is 8.87. The Morgan fingerprint density at radius 3 is 2.76 bits per heavy atom. The first-order valence-electron chi connectivity index (χ1n) is 10.8. The number of nitrogens with one attached hydrogen (secondary N) is 1. The third kappa shape index (κ3) is 4.19. The molecule has 5 rings (SSSR count). The van der Waals surface area contributed by atoms with Gasteiger partial charge in [0.25, 0.3) is 0 Å². The highest BCUT2D eigenvalue weighted by molar-refractivity contribution is 5.73. The number of hydrogen-bond donors (Lipinski definition) is 2. The van der Waals surface area contributed by atoms with E-state index in [1.165, 1.54) is 13.4 Å². The molecule has 2 N–H and O–H groups in total. The fourth-order valence-corrected chi connectivity index (χ4v) is 4.45. The van der Waals surface area contributed by atoms with Crippen molar-refractivity contribution in [3.8, 4) is 34.1 Å². The SMILES string of the molecule is COc1cc(-c2ccc(-c3cnc(N(C)[C@@H]4CC5COCC(N5)[C@@H]4F)cn3)c(O)c2)ncn1. The molecule has 4 heterocycles. The predicted molar refractivity (Wildman–Crippen MR) is 120 cm³/mol. The van der Waals surface area contributed by atoms with E-state index in [0.717, 1.165) is 5.56 Å². The van der Waals surface area contributed by atoms with Gasteiger partial charge in [-0.05, 0) is 18.6 Å². The molecule has 3 aromatic rings. The lowest BCUT2D eigenvalue weighted by molar-refractivity contribution is -0.0175. The van der Waals surface area contributed by atoms with Gasteiger partial charge in [0, 0.05) is 30.3 Å². The van der Waals surface area contributed by atoms with E-state index in [4.69, 9.17) is 9.47 Å². The Morgan fingerprint density at radius 2 is 2.00 bits per heavy atom. The number of rotatable bonds is 5. The lowest BCUT2D eigenvalue weighted by Gasteiger charge is -2.45. The number of aromatic hydroxyl groups is 1. The maximum absolute atomic E-state index is 15.0. The monoisotopic (exact) mass is 452 g/mol. The van der Waals surface area contributed by atoms with Gasteiger partial charge < -0.3 is 24.8 Å². The first-order chi connectivity index (χ1) is 16.0. The van der Waals surface area contributed by atoms with Crippen LogP contribution in [0.3, 0.4) is 0 Å². The van der Waals surface area contributed by atoms with Gasteiger partial charge in [0.05, 0.1) is 56.2 Å². The van der Waals surface area contributed by atoms with Crippen molar-refractivity contribution in [3.05, 3.63) is 43.0 Å². The van der Waals surface area contributed by atoms with Crippen molar-refractivity contribution >= 4 is 5.82 Å². The van der Waals surface area contributed by atoms with Crippen LogP contribution in [0.2, 0.25) is 0 Å². The lowest BCUT2D eigenvalue weighted by atomic mass is 9.90. The summed E-state index contributed by atoms with van der Waals surface area (Å²) >= 11 is 0. The Bertz CT molecular complexity index is 1130. The highest BCUT2D eigenvalue weighted by Gasteiger charge is 2.42.